The van der Waals surface area contributed by atoms with Gasteiger partial charge < -0.3 is 5.32 Å². The molecule has 0 bridgehead atoms. The van der Waals surface area contributed by atoms with E-state index in [1.807, 2.05) is 6.07 Å². The molecule has 1 aliphatic carbocycles. The second-order valence-electron chi connectivity index (χ2n) is 7.96. The third kappa shape index (κ3) is 4.73. The first-order valence-corrected chi connectivity index (χ1v) is 12.2. The molecule has 168 valence electrons. The number of amides is 1. The summed E-state index contributed by atoms with van der Waals surface area (Å²) in [6.45, 7) is 0.270. The quantitative estimate of drug-likeness (QED) is 0.593. The van der Waals surface area contributed by atoms with Gasteiger partial charge in [0.25, 0.3) is 5.91 Å². The molecule has 4 rings (SSSR count). The van der Waals surface area contributed by atoms with Gasteiger partial charge in [0, 0.05) is 49.4 Å². The monoisotopic (exact) mass is 453 g/mol. The third-order valence-electron chi connectivity index (χ3n) is 5.91. The van der Waals surface area contributed by atoms with E-state index in [2.05, 4.69) is 15.4 Å². The summed E-state index contributed by atoms with van der Waals surface area (Å²) < 4.78 is 29.1. The predicted molar refractivity (Wildman–Crippen MR) is 121 cm³/mol. The molecule has 32 heavy (non-hydrogen) atoms. The highest BCUT2D eigenvalue weighted by molar-refractivity contribution is 7.89. The molecule has 0 aliphatic heterocycles. The first-order chi connectivity index (χ1) is 15.5. The molecule has 1 amide bonds. The highest BCUT2D eigenvalue weighted by atomic mass is 32.2. The molecular weight excluding hydrogens is 426 g/mol. The van der Waals surface area contributed by atoms with Gasteiger partial charge in [0.05, 0.1) is 4.90 Å². The van der Waals surface area contributed by atoms with Crippen molar-refractivity contribution in [2.24, 2.45) is 0 Å². The van der Waals surface area contributed by atoms with Gasteiger partial charge in [-0.2, -0.15) is 9.40 Å². The fourth-order valence-corrected chi connectivity index (χ4v) is 5.45. The van der Waals surface area contributed by atoms with E-state index in [1.54, 1.807) is 54.6 Å². The largest absolute Gasteiger partial charge is 0.348 e. The zero-order valence-electron chi connectivity index (χ0n) is 18.0. The molecule has 1 aromatic carbocycles. The lowest BCUT2D eigenvalue weighted by Crippen LogP contribution is -2.38. The summed E-state index contributed by atoms with van der Waals surface area (Å²) >= 11 is 0. The van der Waals surface area contributed by atoms with Gasteiger partial charge >= 0.3 is 0 Å². The predicted octanol–water partition coefficient (Wildman–Crippen LogP) is 3.15. The average molecular weight is 454 g/mol. The van der Waals surface area contributed by atoms with E-state index >= 15 is 0 Å². The second-order valence-corrected chi connectivity index (χ2v) is 9.95. The maximum atomic E-state index is 13.0. The van der Waals surface area contributed by atoms with Crippen LogP contribution >= 0.6 is 0 Å². The Morgan fingerprint density at radius 2 is 1.84 bits per heavy atom. The van der Waals surface area contributed by atoms with E-state index in [1.165, 1.54) is 16.4 Å². The lowest BCUT2D eigenvalue weighted by Gasteiger charge is -2.30. The van der Waals surface area contributed by atoms with Crippen LogP contribution in [0.15, 0.2) is 66.0 Å². The Bertz CT molecular complexity index is 1150. The van der Waals surface area contributed by atoms with Crippen LogP contribution in [0, 0.1) is 0 Å². The lowest BCUT2D eigenvalue weighted by molar-refractivity contribution is 0.0950. The topological polar surface area (TPSA) is 97.2 Å². The summed E-state index contributed by atoms with van der Waals surface area (Å²) in [5, 5.41) is 7.06. The molecule has 1 aliphatic rings. The van der Waals surface area contributed by atoms with Crippen molar-refractivity contribution < 1.29 is 13.2 Å². The smallest absolute Gasteiger partial charge is 0.251 e. The van der Waals surface area contributed by atoms with Crippen LogP contribution in [0.2, 0.25) is 0 Å². The molecule has 0 saturated heterocycles. The van der Waals surface area contributed by atoms with Crippen LogP contribution in [0.1, 0.15) is 48.0 Å². The van der Waals surface area contributed by atoms with Gasteiger partial charge in [-0.05, 0) is 49.2 Å². The number of nitrogens with one attached hydrogen (secondary N) is 1. The first kappa shape index (κ1) is 22.2. The minimum absolute atomic E-state index is 0.0418. The summed E-state index contributed by atoms with van der Waals surface area (Å²) in [5.74, 6) is 0.356. The van der Waals surface area contributed by atoms with E-state index in [-0.39, 0.29) is 23.4 Å². The molecule has 0 atom stereocenters. The van der Waals surface area contributed by atoms with E-state index in [4.69, 9.17) is 0 Å². The van der Waals surface area contributed by atoms with Gasteiger partial charge in [-0.25, -0.2) is 18.1 Å². The van der Waals surface area contributed by atoms with Gasteiger partial charge in [0.15, 0.2) is 5.82 Å². The van der Waals surface area contributed by atoms with E-state index in [0.29, 0.717) is 11.4 Å². The number of sulfonamides is 1. The normalized spacial score (nSPS) is 15.1. The molecule has 1 N–H and O–H groups in total. The van der Waals surface area contributed by atoms with Crippen molar-refractivity contribution in [1.29, 1.82) is 0 Å². The molecule has 0 radical (unpaired) electrons. The van der Waals surface area contributed by atoms with Crippen LogP contribution in [0.3, 0.4) is 0 Å². The number of aromatic nitrogens is 3. The van der Waals surface area contributed by atoms with Crippen molar-refractivity contribution in [3.63, 3.8) is 0 Å². The molecule has 0 spiro atoms. The van der Waals surface area contributed by atoms with Crippen molar-refractivity contribution in [2.75, 3.05) is 7.05 Å². The Morgan fingerprint density at radius 1 is 1.09 bits per heavy atom. The van der Waals surface area contributed by atoms with Gasteiger partial charge in [-0.3, -0.25) is 4.79 Å². The van der Waals surface area contributed by atoms with Crippen LogP contribution < -0.4 is 5.32 Å². The third-order valence-corrected chi connectivity index (χ3v) is 7.84. The lowest BCUT2D eigenvalue weighted by atomic mass is 9.96. The molecule has 1 fully saturated rings. The second kappa shape index (κ2) is 9.62. The number of carbonyl (C=O) groups is 1. The summed E-state index contributed by atoms with van der Waals surface area (Å²) in [5.41, 5.74) is 1.21. The molecule has 9 heteroatoms. The van der Waals surface area contributed by atoms with Crippen molar-refractivity contribution in [3.05, 3.63) is 72.2 Å². The minimum Gasteiger partial charge on any atom is -0.348 e. The molecule has 8 nitrogen and oxygen atoms in total. The van der Waals surface area contributed by atoms with Crippen LogP contribution in [0.5, 0.6) is 0 Å². The van der Waals surface area contributed by atoms with Crippen molar-refractivity contribution in [2.45, 2.75) is 49.6 Å². The molecule has 1 saturated carbocycles. The van der Waals surface area contributed by atoms with Crippen molar-refractivity contribution in [1.82, 2.24) is 24.4 Å². The van der Waals surface area contributed by atoms with Crippen LogP contribution in [0.25, 0.3) is 5.82 Å². The summed E-state index contributed by atoms with van der Waals surface area (Å²) in [6, 6.07) is 11.6. The summed E-state index contributed by atoms with van der Waals surface area (Å²) in [4.78, 5) is 17.2. The van der Waals surface area contributed by atoms with E-state index in [9.17, 15) is 13.2 Å². The summed E-state index contributed by atoms with van der Waals surface area (Å²) in [6.07, 6.45) is 10.2. The number of hydrogen-bond acceptors (Lipinski definition) is 5. The van der Waals surface area contributed by atoms with Gasteiger partial charge in [0.1, 0.15) is 0 Å². The Morgan fingerprint density at radius 3 is 2.53 bits per heavy atom. The molecule has 2 aromatic heterocycles. The van der Waals surface area contributed by atoms with Crippen LogP contribution in [0.4, 0.5) is 0 Å². The fourth-order valence-electron chi connectivity index (χ4n) is 4.03. The Balaban J connectivity index is 1.43. The number of benzene rings is 1. The highest BCUT2D eigenvalue weighted by Crippen LogP contribution is 2.26. The van der Waals surface area contributed by atoms with Crippen LogP contribution in [-0.2, 0) is 16.6 Å². The van der Waals surface area contributed by atoms with Crippen molar-refractivity contribution >= 4 is 15.9 Å². The number of carbonyl (C=O) groups excluding carboxylic acids is 1. The van der Waals surface area contributed by atoms with Gasteiger partial charge in [-0.1, -0.05) is 25.3 Å². The molecule has 2 heterocycles. The van der Waals surface area contributed by atoms with Crippen molar-refractivity contribution in [3.8, 4) is 5.82 Å². The zero-order valence-corrected chi connectivity index (χ0v) is 18.8. The van der Waals surface area contributed by atoms with E-state index < -0.39 is 10.0 Å². The maximum Gasteiger partial charge on any atom is 0.251 e. The summed E-state index contributed by atoms with van der Waals surface area (Å²) in [7, 11) is -1.93. The molecular formula is C23H27N5O3S. The standard InChI is InChI=1S/C23H27N5O3S/c1-27(20-8-3-2-4-9-20)32(30,31)21-12-10-18(11-13-21)23(29)25-17-19-7-5-14-24-22(19)28-16-6-15-26-28/h5-7,10-16,20H,2-4,8-9,17H2,1H3,(H,25,29). The number of rotatable bonds is 7. The number of nitrogens with zero attached hydrogens (tertiary/aromatic N) is 4. The molecule has 3 aromatic rings. The Kier molecular flexibility index (Phi) is 6.66. The SMILES string of the molecule is CN(C1CCCCC1)S(=O)(=O)c1ccc(C(=O)NCc2cccnc2-n2cccn2)cc1. The number of hydrogen-bond donors (Lipinski definition) is 1. The van der Waals surface area contributed by atoms with Gasteiger partial charge in [-0.15, -0.1) is 0 Å². The number of pyridine rings is 1. The first-order valence-electron chi connectivity index (χ1n) is 10.8. The van der Waals surface area contributed by atoms with E-state index in [0.717, 1.165) is 37.7 Å². The maximum absolute atomic E-state index is 13.0. The fraction of sp³-hybridized carbons (Fsp3) is 0.348. The minimum atomic E-state index is -3.58. The molecule has 0 unspecified atom stereocenters. The van der Waals surface area contributed by atoms with Gasteiger partial charge in [0.2, 0.25) is 10.0 Å². The highest BCUT2D eigenvalue weighted by Gasteiger charge is 2.29. The average Bonchev–Trinajstić information content (AvgIpc) is 3.38. The zero-order chi connectivity index (χ0) is 22.6. The Hall–Kier alpha value is -3.04. The van der Waals surface area contributed by atoms with Crippen LogP contribution in [-0.4, -0.2) is 46.5 Å². The Labute approximate surface area is 188 Å².